The maximum Gasteiger partial charge on any atom is 0.315 e. The van der Waals surface area contributed by atoms with Crippen molar-refractivity contribution in [2.75, 3.05) is 0 Å². The van der Waals surface area contributed by atoms with E-state index in [0.717, 1.165) is 12.8 Å². The summed E-state index contributed by atoms with van der Waals surface area (Å²) in [5.74, 6) is 0.264. The fraction of sp³-hybridized carbons (Fsp3) is 0.444. The molecule has 6 nitrogen and oxygen atoms in total. The molecule has 1 fully saturated rings. The number of halogens is 1. The molecule has 1 atom stereocenters. The van der Waals surface area contributed by atoms with Crippen LogP contribution in [-0.4, -0.2) is 32.8 Å². The van der Waals surface area contributed by atoms with Gasteiger partial charge in [-0.05, 0) is 43.4 Å². The molecular weight excluding hydrogens is 323 g/mol. The van der Waals surface area contributed by atoms with E-state index in [1.54, 1.807) is 29.1 Å². The van der Waals surface area contributed by atoms with E-state index in [0.29, 0.717) is 24.2 Å². The Labute approximate surface area is 146 Å². The molecular formula is C18H23FN4O2. The second-order valence-electron chi connectivity index (χ2n) is 6.51. The molecule has 7 heteroatoms. The maximum atomic E-state index is 13.6. The van der Waals surface area contributed by atoms with Gasteiger partial charge in [0, 0.05) is 25.5 Å². The van der Waals surface area contributed by atoms with Gasteiger partial charge in [-0.2, -0.15) is 0 Å². The minimum absolute atomic E-state index is 0.0398. The minimum Gasteiger partial charge on any atom is -0.393 e. The summed E-state index contributed by atoms with van der Waals surface area (Å²) in [5.41, 5.74) is 0.628. The van der Waals surface area contributed by atoms with Crippen LogP contribution in [0.5, 0.6) is 0 Å². The Morgan fingerprint density at radius 2 is 2.12 bits per heavy atom. The third-order valence-corrected chi connectivity index (χ3v) is 4.61. The molecule has 3 rings (SSSR count). The first-order chi connectivity index (χ1) is 12.0. The van der Waals surface area contributed by atoms with Crippen LogP contribution in [0.3, 0.4) is 0 Å². The largest absolute Gasteiger partial charge is 0.393 e. The van der Waals surface area contributed by atoms with Gasteiger partial charge < -0.3 is 20.3 Å². The first-order valence-corrected chi connectivity index (χ1v) is 8.50. The van der Waals surface area contributed by atoms with E-state index < -0.39 is 6.04 Å². The first-order valence-electron chi connectivity index (χ1n) is 8.50. The van der Waals surface area contributed by atoms with Crippen LogP contribution in [0.25, 0.3) is 0 Å². The Bertz CT molecular complexity index is 725. The van der Waals surface area contributed by atoms with Gasteiger partial charge in [-0.25, -0.2) is 14.2 Å². The van der Waals surface area contributed by atoms with Gasteiger partial charge in [0.1, 0.15) is 17.7 Å². The molecule has 0 saturated heterocycles. The van der Waals surface area contributed by atoms with E-state index in [9.17, 15) is 14.3 Å². The van der Waals surface area contributed by atoms with Crippen molar-refractivity contribution < 1.29 is 14.3 Å². The number of aryl methyl sites for hydroxylation is 1. The number of nitrogens with one attached hydrogen (secondary N) is 2. The molecule has 2 aromatic rings. The second-order valence-corrected chi connectivity index (χ2v) is 6.51. The van der Waals surface area contributed by atoms with Crippen molar-refractivity contribution in [3.8, 4) is 0 Å². The third kappa shape index (κ3) is 4.36. The lowest BCUT2D eigenvalue weighted by Gasteiger charge is -2.27. The summed E-state index contributed by atoms with van der Waals surface area (Å²) in [5, 5.41) is 15.4. The zero-order chi connectivity index (χ0) is 17.8. The van der Waals surface area contributed by atoms with Crippen LogP contribution < -0.4 is 10.6 Å². The molecule has 0 radical (unpaired) electrons. The summed E-state index contributed by atoms with van der Waals surface area (Å²) in [6.07, 6.45) is 6.04. The number of hydrogen-bond acceptors (Lipinski definition) is 3. The lowest BCUT2D eigenvalue weighted by atomic mass is 9.93. The minimum atomic E-state index is -0.551. The number of amides is 2. The van der Waals surface area contributed by atoms with Gasteiger partial charge in [-0.3, -0.25) is 0 Å². The topological polar surface area (TPSA) is 79.2 Å². The highest BCUT2D eigenvalue weighted by Gasteiger charge is 2.24. The predicted octanol–water partition coefficient (Wildman–Crippen LogP) is 2.25. The number of hydrogen-bond donors (Lipinski definition) is 3. The molecule has 1 aromatic carbocycles. The number of rotatable bonds is 4. The van der Waals surface area contributed by atoms with Crippen molar-refractivity contribution >= 4 is 6.03 Å². The maximum absolute atomic E-state index is 13.6. The summed E-state index contributed by atoms with van der Waals surface area (Å²) < 4.78 is 15.4. The molecule has 1 saturated carbocycles. The third-order valence-electron chi connectivity index (χ3n) is 4.61. The Morgan fingerprint density at radius 1 is 1.36 bits per heavy atom. The van der Waals surface area contributed by atoms with Crippen LogP contribution in [0.4, 0.5) is 9.18 Å². The zero-order valence-corrected chi connectivity index (χ0v) is 14.2. The van der Waals surface area contributed by atoms with E-state index in [1.165, 1.54) is 12.1 Å². The van der Waals surface area contributed by atoms with Crippen molar-refractivity contribution in [2.45, 2.75) is 43.9 Å². The molecule has 25 heavy (non-hydrogen) atoms. The smallest absolute Gasteiger partial charge is 0.315 e. The number of carbonyl (C=O) groups is 1. The van der Waals surface area contributed by atoms with Gasteiger partial charge in [-0.1, -0.05) is 12.1 Å². The molecule has 2 amide bonds. The van der Waals surface area contributed by atoms with Gasteiger partial charge in [0.2, 0.25) is 0 Å². The highest BCUT2D eigenvalue weighted by Crippen LogP contribution is 2.22. The van der Waals surface area contributed by atoms with E-state index in [4.69, 9.17) is 0 Å². The molecule has 0 spiro atoms. The average Bonchev–Trinajstić information content (AvgIpc) is 3.00. The molecule has 1 aliphatic carbocycles. The van der Waals surface area contributed by atoms with Crippen LogP contribution in [0, 0.1) is 5.82 Å². The summed E-state index contributed by atoms with van der Waals surface area (Å²) in [4.78, 5) is 16.7. The normalized spacial score (nSPS) is 21.6. The molecule has 1 unspecified atom stereocenters. The molecule has 0 bridgehead atoms. The van der Waals surface area contributed by atoms with Crippen molar-refractivity contribution in [1.82, 2.24) is 20.2 Å². The zero-order valence-electron chi connectivity index (χ0n) is 14.2. The molecule has 1 aromatic heterocycles. The lowest BCUT2D eigenvalue weighted by molar-refractivity contribution is 0.117. The van der Waals surface area contributed by atoms with Crippen molar-refractivity contribution in [3.05, 3.63) is 53.9 Å². The quantitative estimate of drug-likeness (QED) is 0.794. The van der Waals surface area contributed by atoms with Gasteiger partial charge >= 0.3 is 6.03 Å². The molecule has 1 heterocycles. The van der Waals surface area contributed by atoms with Crippen LogP contribution in [0.1, 0.15) is 43.1 Å². The first kappa shape index (κ1) is 17.4. The summed E-state index contributed by atoms with van der Waals surface area (Å²) >= 11 is 0. The number of imidazole rings is 1. The van der Waals surface area contributed by atoms with Crippen LogP contribution in [0.2, 0.25) is 0 Å². The van der Waals surface area contributed by atoms with Gasteiger partial charge in [0.05, 0.1) is 6.10 Å². The predicted molar refractivity (Wildman–Crippen MR) is 91.4 cm³/mol. The fourth-order valence-electron chi connectivity index (χ4n) is 3.22. The van der Waals surface area contributed by atoms with E-state index >= 15 is 0 Å². The number of carbonyl (C=O) groups excluding carboxylic acids is 1. The summed E-state index contributed by atoms with van der Waals surface area (Å²) in [7, 11) is 1.83. The number of benzene rings is 1. The Balaban J connectivity index is 1.74. The lowest BCUT2D eigenvalue weighted by Crippen LogP contribution is -2.45. The average molecular weight is 346 g/mol. The van der Waals surface area contributed by atoms with Gasteiger partial charge in [-0.15, -0.1) is 0 Å². The Hall–Kier alpha value is -2.41. The van der Waals surface area contributed by atoms with Crippen LogP contribution >= 0.6 is 0 Å². The SMILES string of the molecule is Cn1ccnc1C(NC(=O)NC1CCC(O)CC1)c1cccc(F)c1. The highest BCUT2D eigenvalue weighted by molar-refractivity contribution is 5.75. The second kappa shape index (κ2) is 7.65. The molecule has 3 N–H and O–H groups in total. The summed E-state index contributed by atoms with van der Waals surface area (Å²) in [6, 6.07) is 5.31. The van der Waals surface area contributed by atoms with Crippen molar-refractivity contribution in [1.29, 1.82) is 0 Å². The number of nitrogens with zero attached hydrogens (tertiary/aromatic N) is 2. The number of aliphatic hydroxyl groups excluding tert-OH is 1. The van der Waals surface area contributed by atoms with E-state index in [2.05, 4.69) is 15.6 Å². The monoisotopic (exact) mass is 346 g/mol. The highest BCUT2D eigenvalue weighted by atomic mass is 19.1. The summed E-state index contributed by atoms with van der Waals surface area (Å²) in [6.45, 7) is 0. The molecule has 1 aliphatic rings. The number of aromatic nitrogens is 2. The number of urea groups is 1. The van der Waals surface area contributed by atoms with Gasteiger partial charge in [0.15, 0.2) is 0 Å². The van der Waals surface area contributed by atoms with Crippen molar-refractivity contribution in [2.24, 2.45) is 7.05 Å². The van der Waals surface area contributed by atoms with Crippen LogP contribution in [-0.2, 0) is 7.05 Å². The molecule has 134 valence electrons. The van der Waals surface area contributed by atoms with E-state index in [1.807, 2.05) is 7.05 Å². The fourth-order valence-corrected chi connectivity index (χ4v) is 3.22. The van der Waals surface area contributed by atoms with Crippen LogP contribution in [0.15, 0.2) is 36.7 Å². The number of aliphatic hydroxyl groups is 1. The molecule has 0 aliphatic heterocycles. The van der Waals surface area contributed by atoms with Crippen molar-refractivity contribution in [3.63, 3.8) is 0 Å². The van der Waals surface area contributed by atoms with Gasteiger partial charge in [0.25, 0.3) is 0 Å². The Kier molecular flexibility index (Phi) is 5.33. The van der Waals surface area contributed by atoms with E-state index in [-0.39, 0.29) is 24.0 Å². The Morgan fingerprint density at radius 3 is 2.76 bits per heavy atom. The standard InChI is InChI=1S/C18H23FN4O2/c1-23-10-9-20-17(23)16(12-3-2-4-13(19)11-12)22-18(25)21-14-5-7-15(24)8-6-14/h2-4,9-11,14-16,24H,5-8H2,1H3,(H2,21,22,25).